The highest BCUT2D eigenvalue weighted by Crippen LogP contribution is 2.31. The minimum atomic E-state index is -0.347. The van der Waals surface area contributed by atoms with Crippen molar-refractivity contribution in [2.45, 2.75) is 31.2 Å². The van der Waals surface area contributed by atoms with Crippen LogP contribution in [-0.4, -0.2) is 23.3 Å². The molecule has 0 aliphatic heterocycles. The molecular formula is C25H28Cl2N4O2. The number of benzene rings is 2. The Bertz CT molecular complexity index is 1060. The van der Waals surface area contributed by atoms with Gasteiger partial charge in [-0.3, -0.25) is 14.6 Å². The lowest BCUT2D eigenvalue weighted by atomic mass is 9.82. The number of nitrogens with two attached hydrogens (primary N) is 1. The molecule has 0 fully saturated rings. The maximum atomic E-state index is 12.8. The van der Waals surface area contributed by atoms with Gasteiger partial charge in [-0.05, 0) is 60.2 Å². The van der Waals surface area contributed by atoms with Gasteiger partial charge in [-0.25, -0.2) is 0 Å². The molecule has 4 N–H and O–H groups in total. The Morgan fingerprint density at radius 3 is 2.42 bits per heavy atom. The van der Waals surface area contributed by atoms with Crippen LogP contribution in [0.3, 0.4) is 0 Å². The Labute approximate surface area is 206 Å². The number of pyridine rings is 1. The summed E-state index contributed by atoms with van der Waals surface area (Å²) in [5.74, 6) is -0.289. The molecule has 174 valence electrons. The van der Waals surface area contributed by atoms with Gasteiger partial charge in [0.25, 0.3) is 5.91 Å². The molecule has 1 aliphatic carbocycles. The number of aryl methyl sites for hydroxylation is 1. The number of anilines is 1. The quantitative estimate of drug-likeness (QED) is 0.480. The SMILES string of the molecule is Cl.Cl.N[C@H](CNC(=O)[C@H]1CCCc2ccccc21)c1ccc(C(=O)Nc2ccncc2)cc1. The van der Waals surface area contributed by atoms with E-state index in [9.17, 15) is 9.59 Å². The van der Waals surface area contributed by atoms with Crippen LogP contribution in [0, 0.1) is 0 Å². The van der Waals surface area contributed by atoms with Crippen molar-refractivity contribution < 1.29 is 9.59 Å². The molecule has 0 saturated heterocycles. The second kappa shape index (κ2) is 12.3. The number of hydrogen-bond acceptors (Lipinski definition) is 4. The lowest BCUT2D eigenvalue weighted by Crippen LogP contribution is -2.36. The number of fused-ring (bicyclic) bond motifs is 1. The Morgan fingerprint density at radius 1 is 1.00 bits per heavy atom. The number of aromatic nitrogens is 1. The smallest absolute Gasteiger partial charge is 0.255 e. The number of amides is 2. The first kappa shape index (κ1) is 26.3. The molecule has 0 unspecified atom stereocenters. The van der Waals surface area contributed by atoms with Crippen molar-refractivity contribution in [2.75, 3.05) is 11.9 Å². The molecule has 1 aliphatic rings. The average molecular weight is 487 g/mol. The molecule has 33 heavy (non-hydrogen) atoms. The molecule has 0 spiro atoms. The van der Waals surface area contributed by atoms with Gasteiger partial charge in [-0.1, -0.05) is 36.4 Å². The summed E-state index contributed by atoms with van der Waals surface area (Å²) in [4.78, 5) is 29.1. The molecule has 2 aromatic carbocycles. The van der Waals surface area contributed by atoms with Crippen molar-refractivity contribution in [2.24, 2.45) is 5.73 Å². The summed E-state index contributed by atoms with van der Waals surface area (Å²) in [5.41, 5.74) is 10.8. The molecule has 0 saturated carbocycles. The minimum absolute atomic E-state index is 0. The molecule has 3 aromatic rings. The van der Waals surface area contributed by atoms with Gasteiger partial charge in [0.05, 0.1) is 5.92 Å². The van der Waals surface area contributed by atoms with Crippen LogP contribution in [0.4, 0.5) is 5.69 Å². The van der Waals surface area contributed by atoms with Crippen LogP contribution in [0.15, 0.2) is 73.1 Å². The van der Waals surface area contributed by atoms with Crippen LogP contribution in [-0.2, 0) is 11.2 Å². The van der Waals surface area contributed by atoms with Crippen LogP contribution in [0.2, 0.25) is 0 Å². The summed E-state index contributed by atoms with van der Waals surface area (Å²) in [5, 5.41) is 5.84. The summed E-state index contributed by atoms with van der Waals surface area (Å²) >= 11 is 0. The highest BCUT2D eigenvalue weighted by molar-refractivity contribution is 6.04. The first-order valence-electron chi connectivity index (χ1n) is 10.5. The topological polar surface area (TPSA) is 97.1 Å². The fourth-order valence-electron chi connectivity index (χ4n) is 4.00. The van der Waals surface area contributed by atoms with Crippen LogP contribution in [0.1, 0.15) is 51.8 Å². The molecule has 1 heterocycles. The van der Waals surface area contributed by atoms with E-state index in [2.05, 4.69) is 21.7 Å². The lowest BCUT2D eigenvalue weighted by Gasteiger charge is -2.25. The first-order chi connectivity index (χ1) is 15.1. The monoisotopic (exact) mass is 486 g/mol. The normalized spacial score (nSPS) is 15.1. The number of hydrogen-bond donors (Lipinski definition) is 3. The predicted octanol–water partition coefficient (Wildman–Crippen LogP) is 4.41. The minimum Gasteiger partial charge on any atom is -0.354 e. The van der Waals surface area contributed by atoms with E-state index < -0.39 is 0 Å². The molecular weight excluding hydrogens is 459 g/mol. The van der Waals surface area contributed by atoms with Gasteiger partial charge in [0.15, 0.2) is 0 Å². The largest absolute Gasteiger partial charge is 0.354 e. The number of carbonyl (C=O) groups is 2. The summed E-state index contributed by atoms with van der Waals surface area (Å²) < 4.78 is 0. The lowest BCUT2D eigenvalue weighted by molar-refractivity contribution is -0.122. The first-order valence-corrected chi connectivity index (χ1v) is 10.5. The van der Waals surface area contributed by atoms with Gasteiger partial charge in [-0.2, -0.15) is 0 Å². The molecule has 4 rings (SSSR count). The van der Waals surface area contributed by atoms with E-state index in [1.165, 1.54) is 5.56 Å². The van der Waals surface area contributed by atoms with E-state index in [4.69, 9.17) is 5.73 Å². The van der Waals surface area contributed by atoms with E-state index in [1.54, 1.807) is 36.7 Å². The molecule has 2 atom stereocenters. The average Bonchev–Trinajstić information content (AvgIpc) is 2.82. The van der Waals surface area contributed by atoms with E-state index in [1.807, 2.05) is 30.3 Å². The van der Waals surface area contributed by atoms with Gasteiger partial charge in [0.1, 0.15) is 0 Å². The maximum absolute atomic E-state index is 12.8. The number of carbonyl (C=O) groups excluding carboxylic acids is 2. The Hall–Kier alpha value is -2.93. The fourth-order valence-corrected chi connectivity index (χ4v) is 4.00. The van der Waals surface area contributed by atoms with E-state index in [-0.39, 0.29) is 48.6 Å². The van der Waals surface area contributed by atoms with E-state index >= 15 is 0 Å². The van der Waals surface area contributed by atoms with Crippen molar-refractivity contribution in [1.82, 2.24) is 10.3 Å². The second-order valence-corrected chi connectivity index (χ2v) is 7.81. The van der Waals surface area contributed by atoms with Crippen molar-refractivity contribution in [3.05, 3.63) is 95.3 Å². The fraction of sp³-hybridized carbons (Fsp3) is 0.240. The van der Waals surface area contributed by atoms with Crippen LogP contribution in [0.25, 0.3) is 0 Å². The Kier molecular flexibility index (Phi) is 9.85. The summed E-state index contributed by atoms with van der Waals surface area (Å²) in [6.45, 7) is 0.347. The molecule has 8 heteroatoms. The zero-order valence-electron chi connectivity index (χ0n) is 18.1. The van der Waals surface area contributed by atoms with Crippen LogP contribution in [0.5, 0.6) is 0 Å². The van der Waals surface area contributed by atoms with E-state index in [0.717, 1.165) is 30.4 Å². The van der Waals surface area contributed by atoms with Gasteiger partial charge >= 0.3 is 0 Å². The maximum Gasteiger partial charge on any atom is 0.255 e. The van der Waals surface area contributed by atoms with Crippen LogP contribution < -0.4 is 16.4 Å². The highest BCUT2D eigenvalue weighted by Gasteiger charge is 2.26. The third kappa shape index (κ3) is 6.54. The molecule has 6 nitrogen and oxygen atoms in total. The number of nitrogens with one attached hydrogen (secondary N) is 2. The Balaban J connectivity index is 0.00000193. The molecule has 2 amide bonds. The van der Waals surface area contributed by atoms with Crippen molar-refractivity contribution >= 4 is 42.3 Å². The van der Waals surface area contributed by atoms with Crippen molar-refractivity contribution in [3.8, 4) is 0 Å². The second-order valence-electron chi connectivity index (χ2n) is 7.81. The number of nitrogens with zero attached hydrogens (tertiary/aromatic N) is 1. The third-order valence-electron chi connectivity index (χ3n) is 5.72. The van der Waals surface area contributed by atoms with Crippen LogP contribution >= 0.6 is 24.8 Å². The van der Waals surface area contributed by atoms with Crippen molar-refractivity contribution in [1.29, 1.82) is 0 Å². The predicted molar refractivity (Wildman–Crippen MR) is 135 cm³/mol. The summed E-state index contributed by atoms with van der Waals surface area (Å²) in [6, 6.07) is 18.4. The highest BCUT2D eigenvalue weighted by atomic mass is 35.5. The summed E-state index contributed by atoms with van der Waals surface area (Å²) in [7, 11) is 0. The molecule has 1 aromatic heterocycles. The summed E-state index contributed by atoms with van der Waals surface area (Å²) in [6.07, 6.45) is 6.15. The molecule has 0 bridgehead atoms. The molecule has 0 radical (unpaired) electrons. The zero-order chi connectivity index (χ0) is 21.6. The van der Waals surface area contributed by atoms with Gasteiger partial charge in [0.2, 0.25) is 5.91 Å². The van der Waals surface area contributed by atoms with Crippen molar-refractivity contribution in [3.63, 3.8) is 0 Å². The van der Waals surface area contributed by atoms with Gasteiger partial charge in [-0.15, -0.1) is 24.8 Å². The zero-order valence-corrected chi connectivity index (χ0v) is 19.7. The Morgan fingerprint density at radius 2 is 1.70 bits per heavy atom. The van der Waals surface area contributed by atoms with Gasteiger partial charge < -0.3 is 16.4 Å². The number of halogens is 2. The third-order valence-corrected chi connectivity index (χ3v) is 5.72. The number of rotatable bonds is 6. The standard InChI is InChI=1S/C25H26N4O2.2ClH/c26-23(16-28-25(31)22-7-3-5-17-4-1-2-6-21(17)22)18-8-10-19(11-9-18)24(30)29-20-12-14-27-15-13-20;;/h1-2,4,6,8-15,22-23H,3,5,7,16,26H2,(H,28,31)(H,27,29,30);2*1H/t22-,23+;;/m0../s1. The van der Waals surface area contributed by atoms with E-state index in [0.29, 0.717) is 17.8 Å². The van der Waals surface area contributed by atoms with Gasteiger partial charge in [0, 0.05) is 36.2 Å².